The van der Waals surface area contributed by atoms with Gasteiger partial charge in [0, 0.05) is 60.0 Å². The lowest BCUT2D eigenvalue weighted by Crippen LogP contribution is -2.74. The molecule has 15 fully saturated rings. The lowest BCUT2D eigenvalue weighted by atomic mass is 9.50. The minimum atomic E-state index is -1.88. The van der Waals surface area contributed by atoms with Crippen LogP contribution in [0.3, 0.4) is 0 Å². The van der Waals surface area contributed by atoms with Crippen molar-refractivity contribution in [3.8, 4) is 0 Å². The Labute approximate surface area is 547 Å². The predicted octanol–water partition coefficient (Wildman–Crippen LogP) is 9.59. The third kappa shape index (κ3) is 12.0. The van der Waals surface area contributed by atoms with Crippen LogP contribution in [0.2, 0.25) is 0 Å². The van der Waals surface area contributed by atoms with Crippen LogP contribution in [0.5, 0.6) is 0 Å². The smallest absolute Gasteiger partial charge is 0.308 e. The molecule has 1 N–H and O–H groups in total. The summed E-state index contributed by atoms with van der Waals surface area (Å²) in [4.78, 5) is 119. The fourth-order valence-corrected chi connectivity index (χ4v) is 18.5. The fraction of sp³-hybridized carbons (Fsp3) is 0.824. The number of ether oxygens (including phenoxy) is 12. The van der Waals surface area contributed by atoms with Crippen LogP contribution < -0.4 is 5.32 Å². The molecule has 3 spiro atoms. The topological polar surface area (TPSA) is 281 Å². The number of carbonyl (C=O) groups excluding carboxylic acids is 6. The van der Waals surface area contributed by atoms with Crippen molar-refractivity contribution in [1.29, 1.82) is 0 Å². The van der Waals surface area contributed by atoms with Crippen LogP contribution in [0.1, 0.15) is 185 Å². The van der Waals surface area contributed by atoms with Crippen molar-refractivity contribution in [2.24, 2.45) is 70.5 Å². The van der Waals surface area contributed by atoms with Gasteiger partial charge in [0.25, 0.3) is 0 Å². The normalized spacial score (nSPS) is 45.1. The fourth-order valence-electron chi connectivity index (χ4n) is 18.5. The summed E-state index contributed by atoms with van der Waals surface area (Å²) in [6, 6.07) is 5.22. The summed E-state index contributed by atoms with van der Waals surface area (Å²) in [5.41, 5.74) is -5.12. The van der Waals surface area contributed by atoms with Crippen LogP contribution in [-0.2, 0) is 115 Å². The summed E-state index contributed by atoms with van der Waals surface area (Å²) in [7, 11) is 0. The van der Waals surface area contributed by atoms with E-state index in [0.29, 0.717) is 37.0 Å². The lowest BCUT2D eigenvalue weighted by Gasteiger charge is -2.65. The Bertz CT molecular complexity index is 2940. The first-order valence-electron chi connectivity index (χ1n) is 34.3. The highest BCUT2D eigenvalue weighted by Gasteiger charge is 2.76. The van der Waals surface area contributed by atoms with Crippen molar-refractivity contribution in [1.82, 2.24) is 0 Å². The second-order valence-electron chi connectivity index (χ2n) is 30.3. The molecule has 12 heterocycles. The standard InChI is InChI=1S/C68H94FNO24/c1-36-14-16-47-39(4)55(83-58-66(47)44(36)25-29-62(8,86-58)89-92-66)80-52(74)21-18-49(71)77-33-65(70-43-13-11-12-42(69)32-43,34-78-50(72)19-22-53(75)81-56-40(5)48-17-15-37(2)45-26-30-63(9)87-59(84-56)67(45,48)93-90-63)35-79-51(73)20-23-54(76)82-57-41(6)61(7)28-24-38(3)46-27-31-64(10)88-60(85-57)68(46,61)94-91-64/h11-13,32,36-41,44-48,55-60,70H,14-31,33-35H2,1-10H3/t36-,37-,38-,39-,40-,41+,44+,45+,46+,47+,48+,55-,56-,57-,58-,59-,60-,61+,62+,63+,64+,66-,67-,68+/m1/s1. The zero-order valence-electron chi connectivity index (χ0n) is 55.6. The van der Waals surface area contributed by atoms with Crippen LogP contribution >= 0.6 is 0 Å². The van der Waals surface area contributed by atoms with Gasteiger partial charge in [-0.1, -0.05) is 54.5 Å². The highest BCUT2D eigenvalue weighted by Crippen LogP contribution is 2.67. The molecule has 0 aromatic heterocycles. The summed E-state index contributed by atoms with van der Waals surface area (Å²) in [6.07, 6.45) is 0.598. The van der Waals surface area contributed by atoms with Gasteiger partial charge in [0.15, 0.2) is 35.7 Å². The van der Waals surface area contributed by atoms with Crippen molar-refractivity contribution < 1.29 is 119 Å². The molecule has 3 saturated carbocycles. The third-order valence-corrected chi connectivity index (χ3v) is 24.2. The summed E-state index contributed by atoms with van der Waals surface area (Å²) in [6.45, 7) is 17.8. The average molecular weight is 1330 g/mol. The number of nitrogens with one attached hydrogen (secondary N) is 1. The molecule has 0 amide bonds. The number of hydrogen-bond acceptors (Lipinski definition) is 25. The average Bonchev–Trinajstić information content (AvgIpc) is 1.23. The van der Waals surface area contributed by atoms with Crippen LogP contribution in [0.15, 0.2) is 24.3 Å². The van der Waals surface area contributed by atoms with E-state index in [2.05, 4.69) is 33.0 Å². The molecule has 16 rings (SSSR count). The van der Waals surface area contributed by atoms with Gasteiger partial charge in [-0.25, -0.2) is 33.7 Å². The van der Waals surface area contributed by atoms with E-state index in [1.807, 2.05) is 20.8 Å². The summed E-state index contributed by atoms with van der Waals surface area (Å²) in [5, 5.41) is 3.07. The first-order chi connectivity index (χ1) is 44.6. The maximum Gasteiger partial charge on any atom is 0.308 e. The summed E-state index contributed by atoms with van der Waals surface area (Å²) in [5.74, 6) is -9.03. The minimum Gasteiger partial charge on any atom is -0.463 e. The molecule has 12 saturated heterocycles. The highest BCUT2D eigenvalue weighted by atomic mass is 19.1. The Hall–Kier alpha value is -4.71. The number of esters is 6. The number of rotatable bonds is 20. The van der Waals surface area contributed by atoms with E-state index in [1.54, 1.807) is 20.8 Å². The molecule has 24 atom stereocenters. The number of anilines is 1. The first-order valence-corrected chi connectivity index (χ1v) is 34.3. The number of fused-ring (bicyclic) bond motifs is 6. The molecule has 0 radical (unpaired) electrons. The zero-order chi connectivity index (χ0) is 66.5. The van der Waals surface area contributed by atoms with Crippen LogP contribution in [0.4, 0.5) is 10.1 Å². The molecule has 15 aliphatic rings. The van der Waals surface area contributed by atoms with Gasteiger partial charge in [-0.15, -0.1) is 0 Å². The summed E-state index contributed by atoms with van der Waals surface area (Å²) < 4.78 is 89.1. The molecule has 522 valence electrons. The Balaban J connectivity index is 0.669. The minimum absolute atomic E-state index is 0.0521. The Morgan fingerprint density at radius 1 is 0.479 bits per heavy atom. The quantitative estimate of drug-likeness (QED) is 0.0722. The van der Waals surface area contributed by atoms with Crippen molar-refractivity contribution in [2.75, 3.05) is 25.1 Å². The van der Waals surface area contributed by atoms with E-state index in [4.69, 9.17) is 86.2 Å². The molecule has 25 nitrogen and oxygen atoms in total. The predicted molar refractivity (Wildman–Crippen MR) is 317 cm³/mol. The molecule has 1 aromatic carbocycles. The molecular weight excluding hydrogens is 1230 g/mol. The van der Waals surface area contributed by atoms with E-state index in [9.17, 15) is 33.2 Å². The van der Waals surface area contributed by atoms with E-state index in [-0.39, 0.29) is 53.0 Å². The molecule has 94 heavy (non-hydrogen) atoms. The van der Waals surface area contributed by atoms with Gasteiger partial charge >= 0.3 is 35.8 Å². The van der Waals surface area contributed by atoms with E-state index in [1.165, 1.54) is 18.2 Å². The molecule has 3 aliphatic carbocycles. The Kier molecular flexibility index (Phi) is 18.4. The van der Waals surface area contributed by atoms with Gasteiger partial charge < -0.3 is 62.2 Å². The number of benzene rings is 1. The van der Waals surface area contributed by atoms with Gasteiger partial charge in [-0.2, -0.15) is 0 Å². The SMILES string of the molecule is C[C@H]1[C@H](OC(=O)CCC(=O)OCC(COC(=O)CCC(=O)O[C@@H]2O[C@@H]3O[C@]4(C)CC[C@H]5[C@H](C)CC[C@@H]([C@H]2C)[C@@]35OO4)(COC(=O)CCC(=O)O[C@@H]2O[C@@H]3O[C@]4(C)CC[C@H]5[C@H](C)CC[C@@](C)([C@H]2C)[C@@]35OO4)Nc2cccc(F)c2)O[C@@H]2O[C@]3(C)CC[C@H]4[C@H](C)CC[C@@H]1[C@@]24OO3. The number of carbonyl (C=O) groups is 6. The Morgan fingerprint density at radius 2 is 0.894 bits per heavy atom. The third-order valence-electron chi connectivity index (χ3n) is 24.2. The van der Waals surface area contributed by atoms with Crippen molar-refractivity contribution >= 4 is 41.5 Å². The van der Waals surface area contributed by atoms with Crippen molar-refractivity contribution in [2.45, 2.75) is 262 Å². The van der Waals surface area contributed by atoms with Gasteiger partial charge in [0.05, 0.1) is 38.5 Å². The first kappa shape index (κ1) is 67.8. The monoisotopic (exact) mass is 1330 g/mol. The second-order valence-corrected chi connectivity index (χ2v) is 30.3. The van der Waals surface area contributed by atoms with Gasteiger partial charge in [0.2, 0.25) is 36.2 Å². The number of hydrogen-bond donors (Lipinski definition) is 1. The lowest BCUT2D eigenvalue weighted by molar-refractivity contribution is -0.586. The van der Waals surface area contributed by atoms with Crippen LogP contribution in [0, 0.1) is 76.3 Å². The maximum absolute atomic E-state index is 15.0. The maximum atomic E-state index is 15.0. The van der Waals surface area contributed by atoms with Gasteiger partial charge in [-0.3, -0.25) is 28.8 Å². The van der Waals surface area contributed by atoms with E-state index in [0.717, 1.165) is 63.9 Å². The molecule has 0 unspecified atom stereocenters. The van der Waals surface area contributed by atoms with Crippen molar-refractivity contribution in [3.05, 3.63) is 30.1 Å². The molecule has 6 bridgehead atoms. The van der Waals surface area contributed by atoms with Gasteiger partial charge in [0.1, 0.15) is 31.2 Å². The molecule has 12 aliphatic heterocycles. The summed E-state index contributed by atoms with van der Waals surface area (Å²) >= 11 is 0. The van der Waals surface area contributed by atoms with E-state index < -0.39 is 183 Å². The molecular formula is C68H94FNO24. The second kappa shape index (κ2) is 25.5. The van der Waals surface area contributed by atoms with Crippen molar-refractivity contribution in [3.63, 3.8) is 0 Å². The molecule has 1 aromatic rings. The number of halogens is 1. The van der Waals surface area contributed by atoms with Gasteiger partial charge in [-0.05, 0) is 132 Å². The molecule has 26 heteroatoms. The largest absolute Gasteiger partial charge is 0.463 e. The van der Waals surface area contributed by atoms with Crippen LogP contribution in [-0.4, -0.2) is 133 Å². The Morgan fingerprint density at radius 3 is 1.37 bits per heavy atom. The highest BCUT2D eigenvalue weighted by molar-refractivity contribution is 5.79. The van der Waals surface area contributed by atoms with Crippen LogP contribution in [0.25, 0.3) is 0 Å². The van der Waals surface area contributed by atoms with E-state index >= 15 is 0 Å². The zero-order valence-corrected chi connectivity index (χ0v) is 55.6.